The molecule has 1 aromatic rings. The molecule has 1 saturated heterocycles. The summed E-state index contributed by atoms with van der Waals surface area (Å²) in [5, 5.41) is 5.73. The second-order valence-electron chi connectivity index (χ2n) is 4.90. The summed E-state index contributed by atoms with van der Waals surface area (Å²) in [6, 6.07) is 1.73. The van der Waals surface area contributed by atoms with Gasteiger partial charge in [0, 0.05) is 19.2 Å². The normalized spacial score (nSPS) is 20.9. The van der Waals surface area contributed by atoms with Crippen molar-refractivity contribution >= 4 is 5.91 Å². The van der Waals surface area contributed by atoms with Gasteiger partial charge in [-0.05, 0) is 19.4 Å². The third-order valence-electron chi connectivity index (χ3n) is 3.22. The van der Waals surface area contributed by atoms with E-state index in [-0.39, 0.29) is 0 Å². The van der Waals surface area contributed by atoms with E-state index in [2.05, 4.69) is 5.16 Å². The Morgan fingerprint density at radius 2 is 2.35 bits per heavy atom. The topological polar surface area (TPSA) is 58.4 Å². The molecule has 1 amide bonds. The highest BCUT2D eigenvalue weighted by Crippen LogP contribution is 2.19. The number of likely N-dealkylation sites (tertiary alicyclic amines) is 1. The summed E-state index contributed by atoms with van der Waals surface area (Å²) >= 11 is 0. The Balaban J connectivity index is 1.82. The van der Waals surface area contributed by atoms with Crippen LogP contribution in [0.3, 0.4) is 0 Å². The Bertz CT molecular complexity index is 434. The first kappa shape index (κ1) is 14.8. The smallest absolute Gasteiger partial charge is 0.364 e. The Morgan fingerprint density at radius 1 is 1.55 bits per heavy atom. The lowest BCUT2D eigenvalue weighted by molar-refractivity contribution is -0.141. The van der Waals surface area contributed by atoms with Crippen molar-refractivity contribution in [3.63, 3.8) is 0 Å². The van der Waals surface area contributed by atoms with E-state index in [9.17, 15) is 18.0 Å². The number of aromatic nitrogens is 1. The first-order chi connectivity index (χ1) is 9.44. The molecule has 1 atom stereocenters. The second kappa shape index (κ2) is 6.25. The third-order valence-corrected chi connectivity index (χ3v) is 3.22. The highest BCUT2D eigenvalue weighted by atomic mass is 19.4. The predicted molar refractivity (Wildman–Crippen MR) is 63.6 cm³/mol. The van der Waals surface area contributed by atoms with Gasteiger partial charge < -0.3 is 9.84 Å². The lowest BCUT2D eigenvalue weighted by Gasteiger charge is -2.31. The summed E-state index contributed by atoms with van der Waals surface area (Å²) in [6.07, 6.45) is -1.52. The van der Waals surface area contributed by atoms with Gasteiger partial charge in [-0.2, -0.15) is 13.2 Å². The number of halogens is 3. The van der Waals surface area contributed by atoms with Gasteiger partial charge in [-0.3, -0.25) is 9.69 Å². The number of rotatable bonds is 4. The summed E-state index contributed by atoms with van der Waals surface area (Å²) < 4.78 is 40.9. The van der Waals surface area contributed by atoms with E-state index >= 15 is 0 Å². The molecule has 8 heteroatoms. The van der Waals surface area contributed by atoms with Crippen molar-refractivity contribution in [1.29, 1.82) is 0 Å². The highest BCUT2D eigenvalue weighted by Gasteiger charge is 2.31. The fourth-order valence-electron chi connectivity index (χ4n) is 2.29. The van der Waals surface area contributed by atoms with Crippen LogP contribution >= 0.6 is 0 Å². The molecule has 0 radical (unpaired) electrons. The first-order valence-corrected chi connectivity index (χ1v) is 6.40. The Labute approximate surface area is 114 Å². The number of nitrogens with one attached hydrogen (secondary N) is 1. The number of carbonyl (C=O) groups excluding carboxylic acids is 1. The van der Waals surface area contributed by atoms with Crippen LogP contribution in [0.25, 0.3) is 0 Å². The molecule has 1 aliphatic rings. The summed E-state index contributed by atoms with van der Waals surface area (Å²) in [7, 11) is 0. The molecule has 1 aromatic heterocycles. The predicted octanol–water partition coefficient (Wildman–Crippen LogP) is 1.57. The molecule has 20 heavy (non-hydrogen) atoms. The minimum Gasteiger partial charge on any atom is -0.364 e. The van der Waals surface area contributed by atoms with Crippen LogP contribution in [0.1, 0.15) is 18.5 Å². The van der Waals surface area contributed by atoms with Crippen molar-refractivity contribution in [1.82, 2.24) is 15.4 Å². The maximum Gasteiger partial charge on any atom is 0.405 e. The van der Waals surface area contributed by atoms with Crippen molar-refractivity contribution in [2.75, 3.05) is 19.6 Å². The number of carbonyl (C=O) groups is 1. The maximum absolute atomic E-state index is 12.1. The van der Waals surface area contributed by atoms with E-state index in [4.69, 9.17) is 4.52 Å². The van der Waals surface area contributed by atoms with E-state index < -0.39 is 24.5 Å². The minimum atomic E-state index is -4.37. The van der Waals surface area contributed by atoms with Crippen LogP contribution in [0, 0.1) is 5.92 Å². The molecule has 0 saturated carbocycles. The number of hydrogen-bond acceptors (Lipinski definition) is 4. The Kier molecular flexibility index (Phi) is 4.64. The van der Waals surface area contributed by atoms with Crippen molar-refractivity contribution < 1.29 is 22.5 Å². The third kappa shape index (κ3) is 4.52. The van der Waals surface area contributed by atoms with Gasteiger partial charge in [-0.25, -0.2) is 0 Å². The number of nitrogens with zero attached hydrogens (tertiary/aromatic N) is 2. The van der Waals surface area contributed by atoms with Crippen LogP contribution in [-0.2, 0) is 11.3 Å². The average Bonchev–Trinajstić information content (AvgIpc) is 2.88. The molecular formula is C12H16F3N3O2. The highest BCUT2D eigenvalue weighted by molar-refractivity contribution is 5.79. The van der Waals surface area contributed by atoms with Gasteiger partial charge in [0.2, 0.25) is 5.91 Å². The Hall–Kier alpha value is -1.57. The number of amides is 1. The van der Waals surface area contributed by atoms with E-state index in [1.165, 1.54) is 6.26 Å². The number of alkyl halides is 3. The van der Waals surface area contributed by atoms with Crippen LogP contribution in [0.4, 0.5) is 13.2 Å². The van der Waals surface area contributed by atoms with Crippen LogP contribution < -0.4 is 5.32 Å². The molecule has 1 unspecified atom stereocenters. The van der Waals surface area contributed by atoms with E-state index in [0.717, 1.165) is 18.7 Å². The van der Waals surface area contributed by atoms with Gasteiger partial charge in [0.1, 0.15) is 12.8 Å². The molecule has 1 N–H and O–H groups in total. The van der Waals surface area contributed by atoms with Crippen molar-refractivity contribution in [2.24, 2.45) is 5.92 Å². The fourth-order valence-corrected chi connectivity index (χ4v) is 2.29. The van der Waals surface area contributed by atoms with E-state index in [1.807, 2.05) is 10.2 Å². The van der Waals surface area contributed by atoms with E-state index in [0.29, 0.717) is 19.5 Å². The van der Waals surface area contributed by atoms with Crippen LogP contribution in [0.5, 0.6) is 0 Å². The lowest BCUT2D eigenvalue weighted by atomic mass is 9.97. The molecule has 2 rings (SSSR count). The fraction of sp³-hybridized carbons (Fsp3) is 0.667. The molecule has 1 fully saturated rings. The van der Waals surface area contributed by atoms with Crippen molar-refractivity contribution in [3.8, 4) is 0 Å². The van der Waals surface area contributed by atoms with Gasteiger partial charge in [0.25, 0.3) is 0 Å². The molecule has 5 nitrogen and oxygen atoms in total. The van der Waals surface area contributed by atoms with Gasteiger partial charge >= 0.3 is 6.18 Å². The van der Waals surface area contributed by atoms with Crippen LogP contribution in [-0.4, -0.2) is 41.8 Å². The summed E-state index contributed by atoms with van der Waals surface area (Å²) in [5.41, 5.74) is 0.751. The standard InChI is InChI=1S/C12H16F3N3O2/c13-12(14,15)8-16-11(19)9-2-1-4-18(6-9)7-10-3-5-20-17-10/h3,5,9H,1-2,4,6-8H2,(H,16,19). The lowest BCUT2D eigenvalue weighted by Crippen LogP contribution is -2.44. The van der Waals surface area contributed by atoms with Gasteiger partial charge in [0.15, 0.2) is 0 Å². The SMILES string of the molecule is O=C(NCC(F)(F)F)C1CCCN(Cc2ccon2)C1. The van der Waals surface area contributed by atoms with E-state index in [1.54, 1.807) is 6.07 Å². The maximum atomic E-state index is 12.1. The Morgan fingerprint density at radius 3 is 3.00 bits per heavy atom. The zero-order valence-electron chi connectivity index (χ0n) is 10.8. The number of hydrogen-bond donors (Lipinski definition) is 1. The van der Waals surface area contributed by atoms with Crippen LogP contribution in [0.15, 0.2) is 16.9 Å². The monoisotopic (exact) mass is 291 g/mol. The molecule has 0 bridgehead atoms. The average molecular weight is 291 g/mol. The molecule has 0 aromatic carbocycles. The number of piperidine rings is 1. The van der Waals surface area contributed by atoms with Crippen molar-refractivity contribution in [3.05, 3.63) is 18.0 Å². The second-order valence-corrected chi connectivity index (χ2v) is 4.90. The summed E-state index contributed by atoms with van der Waals surface area (Å²) in [4.78, 5) is 13.7. The molecule has 0 spiro atoms. The summed E-state index contributed by atoms with van der Waals surface area (Å²) in [5.74, 6) is -0.940. The largest absolute Gasteiger partial charge is 0.405 e. The molecule has 0 aliphatic carbocycles. The zero-order valence-corrected chi connectivity index (χ0v) is 10.8. The molecule has 1 aliphatic heterocycles. The zero-order chi connectivity index (χ0) is 14.6. The first-order valence-electron chi connectivity index (χ1n) is 6.40. The van der Waals surface area contributed by atoms with Crippen molar-refractivity contribution in [2.45, 2.75) is 25.6 Å². The molecule has 2 heterocycles. The van der Waals surface area contributed by atoms with Gasteiger partial charge in [0.05, 0.1) is 11.6 Å². The molecule has 112 valence electrons. The van der Waals surface area contributed by atoms with Gasteiger partial charge in [-0.15, -0.1) is 0 Å². The summed E-state index contributed by atoms with van der Waals surface area (Å²) in [6.45, 7) is 0.512. The van der Waals surface area contributed by atoms with Gasteiger partial charge in [-0.1, -0.05) is 5.16 Å². The van der Waals surface area contributed by atoms with Crippen LogP contribution in [0.2, 0.25) is 0 Å². The molecular weight excluding hydrogens is 275 g/mol. The quantitative estimate of drug-likeness (QED) is 0.914. The minimum absolute atomic E-state index is 0.405.